The zero-order chi connectivity index (χ0) is 32.0. The number of rotatable bonds is 16. The molecule has 0 radical (unpaired) electrons. The molecule has 1 fully saturated rings. The largest absolute Gasteiger partial charge is 0.507 e. The summed E-state index contributed by atoms with van der Waals surface area (Å²) in [5.74, 6) is 1.82. The van der Waals surface area contributed by atoms with Crippen LogP contribution < -0.4 is 4.74 Å². The molecule has 46 heavy (non-hydrogen) atoms. The van der Waals surface area contributed by atoms with Gasteiger partial charge >= 0.3 is 5.97 Å². The van der Waals surface area contributed by atoms with Crippen molar-refractivity contribution < 1.29 is 19.4 Å². The van der Waals surface area contributed by atoms with Crippen LogP contribution in [-0.2, 0) is 9.53 Å². The summed E-state index contributed by atoms with van der Waals surface area (Å²) in [6, 6.07) is 24.7. The number of unbranched alkanes of at least 4 members (excludes halogenated alkanes) is 8. The summed E-state index contributed by atoms with van der Waals surface area (Å²) < 4.78 is 12.3. The Hall–Kier alpha value is -4.26. The molecule has 5 rings (SSSR count). The van der Waals surface area contributed by atoms with Crippen molar-refractivity contribution in [1.29, 1.82) is 0 Å². The molecule has 0 spiro atoms. The van der Waals surface area contributed by atoms with Gasteiger partial charge in [-0.15, -0.1) is 0 Å². The number of carbonyl (C=O) groups is 1. The average Bonchev–Trinajstić information content (AvgIpc) is 3.09. The molecule has 2 unspecified atom stereocenters. The fourth-order valence-electron chi connectivity index (χ4n) is 6.02. The third kappa shape index (κ3) is 9.62. The Kier molecular flexibility index (Phi) is 12.6. The van der Waals surface area contributed by atoms with Gasteiger partial charge < -0.3 is 14.6 Å². The highest BCUT2D eigenvalue weighted by Gasteiger charge is 2.30. The standard InChI is InChI=1S/C39H47N3O4/c1-2-3-4-5-6-7-8-9-16-25-36(44)46-35-24-18-17-23-34(35)45-31-26-27-32(33(43)28-31)39-41-37(29-19-12-10-13-20-29)40-38(42-39)30-21-14-11-15-22-30/h10-15,19-22,26-28,34-35,43H,2-9,16-18,23-25H2,1H3. The van der Waals surface area contributed by atoms with Gasteiger partial charge in [-0.3, -0.25) is 4.79 Å². The lowest BCUT2D eigenvalue weighted by Crippen LogP contribution is -2.38. The number of phenolic OH excluding ortho intramolecular Hbond substituents is 1. The molecule has 1 heterocycles. The molecule has 3 aromatic carbocycles. The number of esters is 1. The van der Waals surface area contributed by atoms with E-state index < -0.39 is 0 Å². The number of aromatic nitrogens is 3. The summed E-state index contributed by atoms with van der Waals surface area (Å²) >= 11 is 0. The van der Waals surface area contributed by atoms with E-state index in [0.29, 0.717) is 35.2 Å². The quantitative estimate of drug-likeness (QED) is 0.0983. The number of benzene rings is 3. The summed E-state index contributed by atoms with van der Waals surface area (Å²) in [6.45, 7) is 2.24. The Balaban J connectivity index is 1.21. The zero-order valence-corrected chi connectivity index (χ0v) is 27.1. The molecule has 0 aliphatic heterocycles. The Bertz CT molecular complexity index is 1450. The van der Waals surface area contributed by atoms with Crippen LogP contribution in [-0.4, -0.2) is 38.2 Å². The van der Waals surface area contributed by atoms with Gasteiger partial charge in [0.1, 0.15) is 23.7 Å². The highest BCUT2D eigenvalue weighted by molar-refractivity contribution is 5.71. The Morgan fingerprint density at radius 2 is 1.24 bits per heavy atom. The Morgan fingerprint density at radius 3 is 1.83 bits per heavy atom. The molecule has 0 amide bonds. The summed E-state index contributed by atoms with van der Waals surface area (Å²) in [4.78, 5) is 26.9. The van der Waals surface area contributed by atoms with Crippen molar-refractivity contribution in [3.63, 3.8) is 0 Å². The minimum atomic E-state index is -0.285. The van der Waals surface area contributed by atoms with E-state index in [1.807, 2.05) is 66.7 Å². The molecule has 1 aromatic heterocycles. The summed E-state index contributed by atoms with van der Waals surface area (Å²) in [5, 5.41) is 11.2. The van der Waals surface area contributed by atoms with Crippen LogP contribution in [0.3, 0.4) is 0 Å². The maximum atomic E-state index is 12.7. The number of phenols is 1. The van der Waals surface area contributed by atoms with Crippen molar-refractivity contribution in [2.24, 2.45) is 0 Å². The first-order valence-electron chi connectivity index (χ1n) is 17.2. The SMILES string of the molecule is CCCCCCCCCCCC(=O)OC1CCCCC1Oc1ccc(-c2nc(-c3ccccc3)nc(-c3ccccc3)n2)c(O)c1. The topological polar surface area (TPSA) is 94.4 Å². The second kappa shape index (κ2) is 17.4. The lowest BCUT2D eigenvalue weighted by Gasteiger charge is -2.31. The molecule has 1 saturated carbocycles. The number of carbonyl (C=O) groups excluding carboxylic acids is 1. The fourth-order valence-corrected chi connectivity index (χ4v) is 6.02. The number of hydrogen-bond donors (Lipinski definition) is 1. The van der Waals surface area contributed by atoms with Gasteiger partial charge in [-0.2, -0.15) is 0 Å². The minimum Gasteiger partial charge on any atom is -0.507 e. The monoisotopic (exact) mass is 621 g/mol. The first-order valence-corrected chi connectivity index (χ1v) is 17.2. The number of ether oxygens (including phenoxy) is 2. The van der Waals surface area contributed by atoms with Gasteiger partial charge in [-0.25, -0.2) is 15.0 Å². The zero-order valence-electron chi connectivity index (χ0n) is 27.1. The molecule has 1 aliphatic carbocycles. The molecule has 7 nitrogen and oxygen atoms in total. The van der Waals surface area contributed by atoms with E-state index in [1.165, 1.54) is 44.9 Å². The molecule has 0 saturated heterocycles. The van der Waals surface area contributed by atoms with E-state index in [1.54, 1.807) is 12.1 Å². The van der Waals surface area contributed by atoms with Crippen molar-refractivity contribution in [2.75, 3.05) is 0 Å². The third-order valence-electron chi connectivity index (χ3n) is 8.61. The predicted octanol–water partition coefficient (Wildman–Crippen LogP) is 9.73. The lowest BCUT2D eigenvalue weighted by molar-refractivity contribution is -0.156. The smallest absolute Gasteiger partial charge is 0.306 e. The minimum absolute atomic E-state index is 0.0106. The van der Waals surface area contributed by atoms with Gasteiger partial charge in [-0.1, -0.05) is 119 Å². The van der Waals surface area contributed by atoms with Gasteiger partial charge in [0.15, 0.2) is 17.5 Å². The first-order chi connectivity index (χ1) is 22.6. The molecule has 1 aliphatic rings. The molecule has 1 N–H and O–H groups in total. The third-order valence-corrected chi connectivity index (χ3v) is 8.61. The van der Waals surface area contributed by atoms with Crippen LogP contribution in [0.1, 0.15) is 96.8 Å². The van der Waals surface area contributed by atoms with Gasteiger partial charge in [0.2, 0.25) is 0 Å². The molecular weight excluding hydrogens is 574 g/mol. The van der Waals surface area contributed by atoms with Crippen molar-refractivity contribution in [2.45, 2.75) is 109 Å². The second-order valence-corrected chi connectivity index (χ2v) is 12.3. The van der Waals surface area contributed by atoms with E-state index in [2.05, 4.69) is 6.92 Å². The van der Waals surface area contributed by atoms with Crippen molar-refractivity contribution >= 4 is 5.97 Å². The van der Waals surface area contributed by atoms with Crippen LogP contribution in [0.15, 0.2) is 78.9 Å². The van der Waals surface area contributed by atoms with Crippen LogP contribution >= 0.6 is 0 Å². The van der Waals surface area contributed by atoms with Crippen LogP contribution in [0.5, 0.6) is 11.5 Å². The summed E-state index contributed by atoms with van der Waals surface area (Å²) in [7, 11) is 0. The Morgan fingerprint density at radius 1 is 0.696 bits per heavy atom. The molecule has 0 bridgehead atoms. The van der Waals surface area contributed by atoms with Crippen molar-refractivity contribution in [3.8, 4) is 45.7 Å². The predicted molar refractivity (Wildman–Crippen MR) is 182 cm³/mol. The summed E-state index contributed by atoms with van der Waals surface area (Å²) in [5.41, 5.74) is 2.20. The molecule has 7 heteroatoms. The molecule has 4 aromatic rings. The van der Waals surface area contributed by atoms with Gasteiger partial charge in [0, 0.05) is 23.6 Å². The van der Waals surface area contributed by atoms with E-state index in [9.17, 15) is 9.90 Å². The van der Waals surface area contributed by atoms with E-state index in [-0.39, 0.29) is 23.9 Å². The van der Waals surface area contributed by atoms with E-state index in [4.69, 9.17) is 24.4 Å². The highest BCUT2D eigenvalue weighted by Crippen LogP contribution is 2.34. The lowest BCUT2D eigenvalue weighted by atomic mass is 9.94. The summed E-state index contributed by atoms with van der Waals surface area (Å²) in [6.07, 6.45) is 14.4. The molecular formula is C39H47N3O4. The van der Waals surface area contributed by atoms with Crippen LogP contribution in [0.25, 0.3) is 34.2 Å². The van der Waals surface area contributed by atoms with Gasteiger partial charge in [-0.05, 0) is 44.2 Å². The average molecular weight is 622 g/mol. The van der Waals surface area contributed by atoms with Crippen molar-refractivity contribution in [3.05, 3.63) is 78.9 Å². The van der Waals surface area contributed by atoms with Crippen LogP contribution in [0.4, 0.5) is 0 Å². The second-order valence-electron chi connectivity index (χ2n) is 12.3. The molecule has 2 atom stereocenters. The first kappa shape index (κ1) is 33.1. The maximum Gasteiger partial charge on any atom is 0.306 e. The van der Waals surface area contributed by atoms with Crippen molar-refractivity contribution in [1.82, 2.24) is 15.0 Å². The fraction of sp³-hybridized carbons (Fsp3) is 0.436. The number of hydrogen-bond acceptors (Lipinski definition) is 7. The van der Waals surface area contributed by atoms with Gasteiger partial charge in [0.25, 0.3) is 0 Å². The normalized spacial score (nSPS) is 16.2. The number of nitrogens with zero attached hydrogens (tertiary/aromatic N) is 3. The highest BCUT2D eigenvalue weighted by atomic mass is 16.6. The van der Waals surface area contributed by atoms with E-state index in [0.717, 1.165) is 49.7 Å². The number of aromatic hydroxyl groups is 1. The van der Waals surface area contributed by atoms with Gasteiger partial charge in [0.05, 0.1) is 5.56 Å². The maximum absolute atomic E-state index is 12.7. The van der Waals surface area contributed by atoms with Crippen LogP contribution in [0, 0.1) is 0 Å². The van der Waals surface area contributed by atoms with Crippen LogP contribution in [0.2, 0.25) is 0 Å². The Labute approximate surface area is 273 Å². The van der Waals surface area contributed by atoms with E-state index >= 15 is 0 Å². The molecule has 242 valence electrons.